The van der Waals surface area contributed by atoms with Gasteiger partial charge in [0.1, 0.15) is 0 Å². The molecule has 106 valence electrons. The molecule has 1 aliphatic carbocycles. The van der Waals surface area contributed by atoms with E-state index in [4.69, 9.17) is 0 Å². The first-order valence-electron chi connectivity index (χ1n) is 7.59. The number of hydrogen-bond donors (Lipinski definition) is 1. The Morgan fingerprint density at radius 2 is 2.20 bits per heavy atom. The third-order valence-electron chi connectivity index (χ3n) is 4.41. The minimum atomic E-state index is 0.740. The molecular formula is C15H21N5. The number of aryl methyl sites for hydroxylation is 1. The summed E-state index contributed by atoms with van der Waals surface area (Å²) in [6.07, 6.45) is 6.13. The summed E-state index contributed by atoms with van der Waals surface area (Å²) in [6.45, 7) is 5.57. The molecule has 0 aromatic carbocycles. The summed E-state index contributed by atoms with van der Waals surface area (Å²) in [7, 11) is 0. The maximum atomic E-state index is 4.51. The fraction of sp³-hybridized carbons (Fsp3) is 0.600. The van der Waals surface area contributed by atoms with Crippen LogP contribution in [0, 0.1) is 12.8 Å². The van der Waals surface area contributed by atoms with Crippen LogP contribution in [-0.4, -0.2) is 45.2 Å². The fourth-order valence-electron chi connectivity index (χ4n) is 3.10. The van der Waals surface area contributed by atoms with Gasteiger partial charge in [0.15, 0.2) is 5.65 Å². The maximum Gasteiger partial charge on any atom is 0.243 e. The molecule has 2 aliphatic rings. The normalized spacial score (nSPS) is 23.6. The van der Waals surface area contributed by atoms with Gasteiger partial charge in [-0.2, -0.15) is 4.98 Å². The van der Waals surface area contributed by atoms with Gasteiger partial charge in [0.05, 0.1) is 0 Å². The van der Waals surface area contributed by atoms with Crippen LogP contribution in [-0.2, 0) is 0 Å². The van der Waals surface area contributed by atoms with E-state index in [1.165, 1.54) is 37.9 Å². The Morgan fingerprint density at radius 1 is 1.30 bits per heavy atom. The van der Waals surface area contributed by atoms with Gasteiger partial charge in [-0.15, -0.1) is 5.10 Å². The summed E-state index contributed by atoms with van der Waals surface area (Å²) in [6, 6.07) is 4.98. The van der Waals surface area contributed by atoms with Gasteiger partial charge in [-0.25, -0.2) is 4.52 Å². The van der Waals surface area contributed by atoms with E-state index in [1.54, 1.807) is 0 Å². The van der Waals surface area contributed by atoms with E-state index in [-0.39, 0.29) is 0 Å². The van der Waals surface area contributed by atoms with Crippen LogP contribution in [0.1, 0.15) is 24.8 Å². The second kappa shape index (κ2) is 4.74. The van der Waals surface area contributed by atoms with Gasteiger partial charge in [-0.1, -0.05) is 6.07 Å². The third kappa shape index (κ3) is 2.38. The molecule has 1 N–H and O–H groups in total. The van der Waals surface area contributed by atoms with Crippen LogP contribution in [0.2, 0.25) is 0 Å². The lowest BCUT2D eigenvalue weighted by Gasteiger charge is -2.14. The number of anilines is 1. The van der Waals surface area contributed by atoms with Crippen molar-refractivity contribution in [3.8, 4) is 0 Å². The van der Waals surface area contributed by atoms with Crippen LogP contribution >= 0.6 is 0 Å². The van der Waals surface area contributed by atoms with Crippen molar-refractivity contribution in [2.75, 3.05) is 25.0 Å². The van der Waals surface area contributed by atoms with Crippen LogP contribution < -0.4 is 5.32 Å². The van der Waals surface area contributed by atoms with Crippen LogP contribution in [0.5, 0.6) is 0 Å². The first kappa shape index (κ1) is 12.1. The number of aromatic nitrogens is 3. The highest BCUT2D eigenvalue weighted by atomic mass is 15.3. The zero-order chi connectivity index (χ0) is 13.5. The predicted molar refractivity (Wildman–Crippen MR) is 78.9 cm³/mol. The van der Waals surface area contributed by atoms with E-state index in [2.05, 4.69) is 33.3 Å². The number of likely N-dealkylation sites (tertiary alicyclic amines) is 1. The fourth-order valence-corrected chi connectivity index (χ4v) is 3.10. The van der Waals surface area contributed by atoms with Gasteiger partial charge >= 0.3 is 0 Å². The quantitative estimate of drug-likeness (QED) is 0.923. The standard InChI is InChI=1S/C15H21N5/c1-11-2-5-14-17-15(18-20(14)9-11)16-8-12-6-7-19(10-12)13-3-4-13/h2,5,9,12-13H,3-4,6-8,10H2,1H3,(H,16,18). The van der Waals surface area contributed by atoms with E-state index >= 15 is 0 Å². The molecule has 20 heavy (non-hydrogen) atoms. The summed E-state index contributed by atoms with van der Waals surface area (Å²) < 4.78 is 1.85. The largest absolute Gasteiger partial charge is 0.353 e. The first-order valence-corrected chi connectivity index (χ1v) is 7.59. The molecule has 1 aliphatic heterocycles. The number of hydrogen-bond acceptors (Lipinski definition) is 4. The van der Waals surface area contributed by atoms with Gasteiger partial charge in [-0.05, 0) is 50.3 Å². The molecule has 2 aromatic rings. The minimum absolute atomic E-state index is 0.740. The molecule has 0 radical (unpaired) electrons. The van der Waals surface area contributed by atoms with Gasteiger partial charge in [0.25, 0.3) is 0 Å². The van der Waals surface area contributed by atoms with E-state index in [0.29, 0.717) is 0 Å². The van der Waals surface area contributed by atoms with Crippen molar-refractivity contribution in [1.29, 1.82) is 0 Å². The lowest BCUT2D eigenvalue weighted by atomic mass is 10.1. The number of nitrogens with one attached hydrogen (secondary N) is 1. The molecular weight excluding hydrogens is 250 g/mol. The van der Waals surface area contributed by atoms with Crippen molar-refractivity contribution in [2.24, 2.45) is 5.92 Å². The Hall–Kier alpha value is -1.62. The van der Waals surface area contributed by atoms with Crippen molar-refractivity contribution in [1.82, 2.24) is 19.5 Å². The summed E-state index contributed by atoms with van der Waals surface area (Å²) in [5.74, 6) is 1.49. The average Bonchev–Trinajstić information content (AvgIpc) is 3.04. The topological polar surface area (TPSA) is 45.5 Å². The molecule has 1 saturated heterocycles. The summed E-state index contributed by atoms with van der Waals surface area (Å²) >= 11 is 0. The number of rotatable bonds is 4. The number of pyridine rings is 1. The lowest BCUT2D eigenvalue weighted by molar-refractivity contribution is 0.316. The molecule has 1 unspecified atom stereocenters. The Bertz CT molecular complexity index is 616. The molecule has 1 atom stereocenters. The third-order valence-corrected chi connectivity index (χ3v) is 4.41. The highest BCUT2D eigenvalue weighted by Crippen LogP contribution is 2.31. The number of nitrogens with zero attached hydrogens (tertiary/aromatic N) is 4. The lowest BCUT2D eigenvalue weighted by Crippen LogP contribution is -2.25. The molecule has 2 aromatic heterocycles. The second-order valence-electron chi connectivity index (χ2n) is 6.21. The van der Waals surface area contributed by atoms with E-state index in [1.807, 2.05) is 16.8 Å². The molecule has 5 nitrogen and oxygen atoms in total. The van der Waals surface area contributed by atoms with Crippen molar-refractivity contribution >= 4 is 11.6 Å². The SMILES string of the molecule is Cc1ccc2nc(NCC3CCN(C4CC4)C3)nn2c1. The van der Waals surface area contributed by atoms with Crippen LogP contribution in [0.4, 0.5) is 5.95 Å². The molecule has 1 saturated carbocycles. The van der Waals surface area contributed by atoms with Crippen molar-refractivity contribution in [2.45, 2.75) is 32.2 Å². The molecule has 0 bridgehead atoms. The Morgan fingerprint density at radius 3 is 3.05 bits per heavy atom. The van der Waals surface area contributed by atoms with Crippen molar-refractivity contribution in [3.05, 3.63) is 23.9 Å². The van der Waals surface area contributed by atoms with Gasteiger partial charge in [-0.3, -0.25) is 0 Å². The van der Waals surface area contributed by atoms with Crippen LogP contribution in [0.3, 0.4) is 0 Å². The van der Waals surface area contributed by atoms with Crippen molar-refractivity contribution < 1.29 is 0 Å². The number of fused-ring (bicyclic) bond motifs is 1. The smallest absolute Gasteiger partial charge is 0.243 e. The molecule has 3 heterocycles. The van der Waals surface area contributed by atoms with E-state index in [9.17, 15) is 0 Å². The first-order chi connectivity index (χ1) is 9.78. The Labute approximate surface area is 119 Å². The highest BCUT2D eigenvalue weighted by Gasteiger charge is 2.34. The predicted octanol–water partition coefficient (Wildman–Crippen LogP) is 1.93. The Kier molecular flexibility index (Phi) is 2.88. The zero-order valence-corrected chi connectivity index (χ0v) is 11.9. The zero-order valence-electron chi connectivity index (χ0n) is 11.9. The average molecular weight is 271 g/mol. The van der Waals surface area contributed by atoms with E-state index in [0.717, 1.165) is 30.1 Å². The molecule has 5 heteroatoms. The second-order valence-corrected chi connectivity index (χ2v) is 6.21. The van der Waals surface area contributed by atoms with E-state index < -0.39 is 0 Å². The molecule has 0 amide bonds. The minimum Gasteiger partial charge on any atom is -0.353 e. The van der Waals surface area contributed by atoms with Crippen LogP contribution in [0.25, 0.3) is 5.65 Å². The monoisotopic (exact) mass is 271 g/mol. The maximum absolute atomic E-state index is 4.51. The summed E-state index contributed by atoms with van der Waals surface area (Å²) in [5.41, 5.74) is 2.11. The Balaban J connectivity index is 1.38. The molecule has 4 rings (SSSR count). The molecule has 2 fully saturated rings. The summed E-state index contributed by atoms with van der Waals surface area (Å²) in [4.78, 5) is 7.15. The van der Waals surface area contributed by atoms with Crippen LogP contribution in [0.15, 0.2) is 18.3 Å². The van der Waals surface area contributed by atoms with Gasteiger partial charge in [0.2, 0.25) is 5.95 Å². The highest BCUT2D eigenvalue weighted by molar-refractivity contribution is 5.44. The van der Waals surface area contributed by atoms with Gasteiger partial charge in [0, 0.05) is 25.3 Å². The van der Waals surface area contributed by atoms with Gasteiger partial charge < -0.3 is 10.2 Å². The summed E-state index contributed by atoms with van der Waals surface area (Å²) in [5, 5.41) is 7.89. The van der Waals surface area contributed by atoms with Crippen molar-refractivity contribution in [3.63, 3.8) is 0 Å². The molecule has 0 spiro atoms.